The first-order chi connectivity index (χ1) is 26.0. The predicted octanol–water partition coefficient (Wildman–Crippen LogP) is 1.60. The Labute approximate surface area is 317 Å². The van der Waals surface area contributed by atoms with Crippen molar-refractivity contribution in [1.82, 2.24) is 20.2 Å². The number of carbonyl (C=O) groups is 6. The van der Waals surface area contributed by atoms with Crippen LogP contribution in [0.4, 0.5) is 0 Å². The lowest BCUT2D eigenvalue weighted by molar-refractivity contribution is -0.269. The first-order valence-corrected chi connectivity index (χ1v) is 19.0. The lowest BCUT2D eigenvalue weighted by Gasteiger charge is -2.44. The van der Waals surface area contributed by atoms with E-state index >= 15 is 0 Å². The van der Waals surface area contributed by atoms with Gasteiger partial charge in [-0.2, -0.15) is 5.09 Å². The Bertz CT molecular complexity index is 1600. The molecule has 3 rings (SSSR count). The minimum atomic E-state index is -4.54. The van der Waals surface area contributed by atoms with Gasteiger partial charge < -0.3 is 38.4 Å². The van der Waals surface area contributed by atoms with Crippen molar-refractivity contribution < 1.29 is 66.1 Å². The van der Waals surface area contributed by atoms with Gasteiger partial charge in [0, 0.05) is 58.4 Å². The molecule has 21 nitrogen and oxygen atoms in total. The molecule has 0 bridgehead atoms. The van der Waals surface area contributed by atoms with E-state index in [2.05, 4.69) is 20.4 Å². The monoisotopic (exact) mass is 797 g/mol. The molecule has 2 aliphatic rings. The molecule has 2 aliphatic heterocycles. The smallest absolute Gasteiger partial charge is 0.459 e. The van der Waals surface area contributed by atoms with Crippen molar-refractivity contribution in [3.05, 3.63) is 40.8 Å². The fraction of sp³-hybridized carbons (Fsp3) is 0.636. The summed E-state index contributed by atoms with van der Waals surface area (Å²) in [5, 5.41) is 8.20. The molecule has 2 amide bonds. The molecule has 304 valence electrons. The maximum Gasteiger partial charge on any atom is 0.459 e. The molecular weight excluding hydrogens is 749 g/mol. The fourth-order valence-electron chi connectivity index (χ4n) is 5.51. The van der Waals surface area contributed by atoms with Gasteiger partial charge in [-0.25, -0.2) is 4.57 Å². The van der Waals surface area contributed by atoms with E-state index in [9.17, 15) is 33.3 Å². The number of rotatable bonds is 18. The van der Waals surface area contributed by atoms with Gasteiger partial charge in [0.25, 0.3) is 0 Å². The summed E-state index contributed by atoms with van der Waals surface area (Å²) in [7, 11) is -4.54. The van der Waals surface area contributed by atoms with Crippen molar-refractivity contribution in [3.63, 3.8) is 0 Å². The molecule has 2 fully saturated rings. The Morgan fingerprint density at radius 1 is 0.964 bits per heavy atom. The molecule has 22 heteroatoms. The van der Waals surface area contributed by atoms with Gasteiger partial charge in [-0.1, -0.05) is 23.3 Å². The number of ether oxygens (including phenoxy) is 5. The summed E-state index contributed by atoms with van der Waals surface area (Å²) >= 11 is 0. The van der Waals surface area contributed by atoms with Crippen molar-refractivity contribution in [2.45, 2.75) is 90.8 Å². The second-order valence-electron chi connectivity index (χ2n) is 12.8. The van der Waals surface area contributed by atoms with E-state index in [1.54, 1.807) is 36.9 Å². The Morgan fingerprint density at radius 3 is 2.18 bits per heavy atom. The molecule has 7 atom stereocenters. The Kier molecular flexibility index (Phi) is 17.3. The minimum Gasteiger partial charge on any atom is -0.462 e. The number of nitrogens with zero attached hydrogens (tertiary/aromatic N) is 5. The predicted molar refractivity (Wildman–Crippen MR) is 190 cm³/mol. The zero-order valence-electron chi connectivity index (χ0n) is 31.5. The molecule has 55 heavy (non-hydrogen) atoms. The van der Waals surface area contributed by atoms with Gasteiger partial charge >= 0.3 is 31.6 Å². The molecule has 2 heterocycles. The van der Waals surface area contributed by atoms with Gasteiger partial charge in [-0.05, 0) is 38.4 Å². The highest BCUT2D eigenvalue weighted by Crippen LogP contribution is 2.46. The number of piperazine rings is 1. The van der Waals surface area contributed by atoms with Crippen molar-refractivity contribution in [3.8, 4) is 5.75 Å². The maximum absolute atomic E-state index is 14.3. The van der Waals surface area contributed by atoms with Gasteiger partial charge in [0.05, 0.1) is 19.1 Å². The van der Waals surface area contributed by atoms with Crippen LogP contribution in [0.1, 0.15) is 48.0 Å². The molecule has 1 aromatic carbocycles. The van der Waals surface area contributed by atoms with Crippen LogP contribution in [0, 0.1) is 0 Å². The molecule has 2 unspecified atom stereocenters. The van der Waals surface area contributed by atoms with Gasteiger partial charge in [-0.3, -0.25) is 38.2 Å². The maximum atomic E-state index is 14.3. The van der Waals surface area contributed by atoms with Gasteiger partial charge in [-0.15, -0.1) is 0 Å². The number of hydrogen-bond donors (Lipinski definition) is 2. The van der Waals surface area contributed by atoms with Crippen LogP contribution in [-0.4, -0.2) is 134 Å². The van der Waals surface area contributed by atoms with Crippen LogP contribution in [0.15, 0.2) is 35.4 Å². The first kappa shape index (κ1) is 44.6. The van der Waals surface area contributed by atoms with Crippen LogP contribution < -0.4 is 14.9 Å². The average molecular weight is 798 g/mol. The highest BCUT2D eigenvalue weighted by Gasteiger charge is 2.53. The third kappa shape index (κ3) is 14.8. The van der Waals surface area contributed by atoms with Gasteiger partial charge in [0.2, 0.25) is 18.1 Å². The van der Waals surface area contributed by atoms with E-state index in [1.807, 2.05) is 4.90 Å². The van der Waals surface area contributed by atoms with E-state index < -0.39 is 93.5 Å². The third-order valence-corrected chi connectivity index (χ3v) is 9.63. The number of esters is 4. The molecule has 0 saturated carbocycles. The number of azide groups is 1. The molecular formula is C33H48N7O14P. The van der Waals surface area contributed by atoms with Crippen LogP contribution in [0.2, 0.25) is 0 Å². The second kappa shape index (κ2) is 21.3. The standard InChI is InChI=1S/C33H48N7O14P/c1-20(2)49-32(46)21(3)37-55(47,54-25-10-8-7-9-11-25)48-19-26-30(50-23(5)42)31(51-24(6)43)29(36-27(44)18-35-38-34)33(52-26)53-28(45)12-13-39-14-16-40(17-15-39)22(4)41/h7-11,20-21,26,29-31,33H,12-19H2,1-6H3,(H,36,44)(H,37,47)/t21-,26+,29-,30+,31+,33?,55?/m0/s1. The molecule has 2 N–H and O–H groups in total. The summed E-state index contributed by atoms with van der Waals surface area (Å²) in [6.45, 7) is 8.93. The van der Waals surface area contributed by atoms with E-state index in [1.165, 1.54) is 26.0 Å². The number of benzene rings is 1. The largest absolute Gasteiger partial charge is 0.462 e. The molecule has 0 aliphatic carbocycles. The Morgan fingerprint density at radius 2 is 1.60 bits per heavy atom. The van der Waals surface area contributed by atoms with Crippen molar-refractivity contribution in [2.75, 3.05) is 45.9 Å². The summed E-state index contributed by atoms with van der Waals surface area (Å²) in [4.78, 5) is 81.5. The van der Waals surface area contributed by atoms with Crippen molar-refractivity contribution in [1.29, 1.82) is 0 Å². The van der Waals surface area contributed by atoms with Crippen LogP contribution in [0.25, 0.3) is 10.4 Å². The van der Waals surface area contributed by atoms with Crippen LogP contribution >= 0.6 is 7.75 Å². The van der Waals surface area contributed by atoms with Crippen LogP contribution in [0.3, 0.4) is 0 Å². The SMILES string of the molecule is CC(=O)O[C@H]1[C@H](OC(C)=O)[C@@H](COP(=O)(N[C@@H](C)C(=O)OC(C)C)Oc2ccccc2)OC(OC(=O)CCN2CCN(C(C)=O)CC2)[C@H]1NC(=O)CN=[N+]=[N-]. The highest BCUT2D eigenvalue weighted by molar-refractivity contribution is 7.52. The minimum absolute atomic E-state index is 0.0584. The summed E-state index contributed by atoms with van der Waals surface area (Å²) < 4.78 is 53.7. The van der Waals surface area contributed by atoms with Crippen molar-refractivity contribution in [2.24, 2.45) is 5.11 Å². The molecule has 1 aromatic rings. The summed E-state index contributed by atoms with van der Waals surface area (Å²) in [6, 6.07) is 5.08. The third-order valence-electron chi connectivity index (χ3n) is 7.99. The molecule has 0 aromatic heterocycles. The molecule has 0 radical (unpaired) electrons. The summed E-state index contributed by atoms with van der Waals surface area (Å²) in [6.07, 6.45) is -7.14. The number of para-hydroxylation sites is 1. The lowest BCUT2D eigenvalue weighted by atomic mass is 9.96. The number of nitrogens with one attached hydrogen (secondary N) is 2. The van der Waals surface area contributed by atoms with E-state index in [-0.39, 0.29) is 24.6 Å². The van der Waals surface area contributed by atoms with E-state index in [0.29, 0.717) is 26.2 Å². The van der Waals surface area contributed by atoms with Crippen molar-refractivity contribution >= 4 is 43.4 Å². The average Bonchev–Trinajstić information content (AvgIpc) is 3.11. The molecule has 2 saturated heterocycles. The van der Waals surface area contributed by atoms with Gasteiger partial charge in [0.1, 0.15) is 30.5 Å². The first-order valence-electron chi connectivity index (χ1n) is 17.4. The van der Waals surface area contributed by atoms with Gasteiger partial charge in [0.15, 0.2) is 12.2 Å². The number of amides is 2. The summed E-state index contributed by atoms with van der Waals surface area (Å²) in [5.74, 6) is -4.23. The Balaban J connectivity index is 1.94. The quantitative estimate of drug-likeness (QED) is 0.0534. The summed E-state index contributed by atoms with van der Waals surface area (Å²) in [5.41, 5.74) is 8.74. The second-order valence-corrected chi connectivity index (χ2v) is 14.5. The van der Waals surface area contributed by atoms with E-state index in [0.717, 1.165) is 13.8 Å². The topological polar surface area (TPSA) is 263 Å². The Hall–Kier alpha value is -4.78. The zero-order chi connectivity index (χ0) is 40.7. The molecule has 0 spiro atoms. The fourth-order valence-corrected chi connectivity index (χ4v) is 7.02. The van der Waals surface area contributed by atoms with Crippen LogP contribution in [-0.2, 0) is 61.5 Å². The van der Waals surface area contributed by atoms with E-state index in [4.69, 9.17) is 38.3 Å². The highest BCUT2D eigenvalue weighted by atomic mass is 31.2. The van der Waals surface area contributed by atoms with Crippen LogP contribution in [0.5, 0.6) is 5.75 Å². The number of carbonyl (C=O) groups excluding carboxylic acids is 6. The zero-order valence-corrected chi connectivity index (χ0v) is 32.4. The number of hydrogen-bond acceptors (Lipinski definition) is 16. The lowest BCUT2D eigenvalue weighted by Crippen LogP contribution is -2.67. The normalized spacial score (nSPS) is 22.9.